The van der Waals surface area contributed by atoms with E-state index >= 15 is 0 Å². The number of hydrogen-bond acceptors (Lipinski definition) is 6. The molecule has 169 valence electrons. The third kappa shape index (κ3) is 8.17. The summed E-state index contributed by atoms with van der Waals surface area (Å²) in [6.45, 7) is 4.77. The molecule has 0 atom stereocenters. The summed E-state index contributed by atoms with van der Waals surface area (Å²) in [6.07, 6.45) is 3.35. The van der Waals surface area contributed by atoms with E-state index in [0.717, 1.165) is 33.4 Å². The fraction of sp³-hybridized carbons (Fsp3) is 0.400. The molecular formula is C20H28BN2O6S2. The van der Waals surface area contributed by atoms with Crippen molar-refractivity contribution in [3.63, 3.8) is 0 Å². The fourth-order valence-corrected chi connectivity index (χ4v) is 4.61. The molecule has 0 saturated heterocycles. The predicted molar refractivity (Wildman–Crippen MR) is 120 cm³/mol. The zero-order valence-electron chi connectivity index (χ0n) is 17.7. The van der Waals surface area contributed by atoms with E-state index in [2.05, 4.69) is 9.44 Å². The maximum absolute atomic E-state index is 12.2. The van der Waals surface area contributed by atoms with E-state index in [1.54, 1.807) is 0 Å². The number of nitrogens with one attached hydrogen (secondary N) is 2. The van der Waals surface area contributed by atoms with Gasteiger partial charge >= 0.3 is 7.69 Å². The summed E-state index contributed by atoms with van der Waals surface area (Å²) in [4.78, 5) is 0.308. The lowest BCUT2D eigenvalue weighted by atomic mass is 10.3. The molecule has 0 saturated carbocycles. The van der Waals surface area contributed by atoms with Gasteiger partial charge in [-0.25, -0.2) is 26.3 Å². The Morgan fingerprint density at radius 2 is 1.03 bits per heavy atom. The number of benzene rings is 2. The average Bonchev–Trinajstić information content (AvgIpc) is 2.75. The summed E-state index contributed by atoms with van der Waals surface area (Å²) in [6, 6.07) is 11.9. The smallest absolute Gasteiger partial charge is 0.526 e. The van der Waals surface area contributed by atoms with Crippen LogP contribution in [0.1, 0.15) is 39.5 Å². The van der Waals surface area contributed by atoms with E-state index in [4.69, 9.17) is 9.31 Å². The van der Waals surface area contributed by atoms with Crippen molar-refractivity contribution in [3.05, 3.63) is 48.5 Å². The van der Waals surface area contributed by atoms with E-state index in [1.807, 2.05) is 13.8 Å². The Hall–Kier alpha value is -2.08. The average molecular weight is 467 g/mol. The van der Waals surface area contributed by atoms with Crippen molar-refractivity contribution >= 4 is 27.7 Å². The molecule has 0 aliphatic carbocycles. The molecule has 2 aromatic rings. The van der Waals surface area contributed by atoms with Crippen LogP contribution in [0, 0.1) is 0 Å². The minimum atomic E-state index is -3.54. The van der Waals surface area contributed by atoms with Gasteiger partial charge in [0.05, 0.1) is 9.79 Å². The highest BCUT2D eigenvalue weighted by molar-refractivity contribution is 7.89. The van der Waals surface area contributed by atoms with Crippen LogP contribution < -0.4 is 18.8 Å². The Bertz CT molecular complexity index is 927. The van der Waals surface area contributed by atoms with Gasteiger partial charge in [-0.3, -0.25) is 0 Å². The Labute approximate surface area is 185 Å². The van der Waals surface area contributed by atoms with Crippen LogP contribution in [0.15, 0.2) is 58.3 Å². The van der Waals surface area contributed by atoms with Crippen molar-refractivity contribution in [1.29, 1.82) is 0 Å². The second kappa shape index (κ2) is 12.1. The topological polar surface area (TPSA) is 111 Å². The summed E-state index contributed by atoms with van der Waals surface area (Å²) in [5.74, 6) is 0.790. The van der Waals surface area contributed by atoms with Crippen LogP contribution in [0.5, 0.6) is 11.5 Å². The van der Waals surface area contributed by atoms with E-state index in [9.17, 15) is 16.8 Å². The first-order valence-electron chi connectivity index (χ1n) is 10.1. The van der Waals surface area contributed by atoms with Crippen molar-refractivity contribution in [1.82, 2.24) is 9.44 Å². The van der Waals surface area contributed by atoms with Crippen LogP contribution in [0.4, 0.5) is 0 Å². The summed E-state index contributed by atoms with van der Waals surface area (Å²) in [5, 5.41) is 0. The molecule has 11 heteroatoms. The third-order valence-electron chi connectivity index (χ3n) is 4.28. The molecule has 0 fully saturated rings. The van der Waals surface area contributed by atoms with Crippen molar-refractivity contribution in [3.8, 4) is 11.5 Å². The molecule has 2 rings (SSSR count). The molecule has 0 amide bonds. The number of unbranched alkanes of at least 4 members (excludes halogenated alkanes) is 2. The molecule has 0 aliphatic heterocycles. The zero-order chi connectivity index (χ0) is 22.7. The van der Waals surface area contributed by atoms with Crippen LogP contribution in [0.2, 0.25) is 0 Å². The quantitative estimate of drug-likeness (QED) is 0.327. The molecule has 8 nitrogen and oxygen atoms in total. The van der Waals surface area contributed by atoms with Gasteiger partial charge in [0.1, 0.15) is 11.5 Å². The minimum Gasteiger partial charge on any atom is -0.526 e. The molecule has 0 spiro atoms. The predicted octanol–water partition coefficient (Wildman–Crippen LogP) is 2.84. The highest BCUT2D eigenvalue weighted by Gasteiger charge is 2.14. The van der Waals surface area contributed by atoms with Gasteiger partial charge in [0.25, 0.3) is 0 Å². The monoisotopic (exact) mass is 467 g/mol. The normalized spacial score (nSPS) is 11.8. The summed E-state index contributed by atoms with van der Waals surface area (Å²) in [5.41, 5.74) is 0. The van der Waals surface area contributed by atoms with Crippen LogP contribution >= 0.6 is 0 Å². The largest absolute Gasteiger partial charge is 0.658 e. The second-order valence-corrected chi connectivity index (χ2v) is 10.3. The lowest BCUT2D eigenvalue weighted by Crippen LogP contribution is -2.24. The number of rotatable bonds is 14. The van der Waals surface area contributed by atoms with Crippen LogP contribution in [-0.2, 0) is 20.0 Å². The first-order valence-corrected chi connectivity index (χ1v) is 13.1. The van der Waals surface area contributed by atoms with Gasteiger partial charge in [-0.1, -0.05) is 26.7 Å². The Morgan fingerprint density at radius 1 is 0.677 bits per heavy atom. The zero-order valence-corrected chi connectivity index (χ0v) is 19.3. The highest BCUT2D eigenvalue weighted by Crippen LogP contribution is 2.18. The van der Waals surface area contributed by atoms with E-state index in [0.29, 0.717) is 24.6 Å². The molecule has 0 aliphatic rings. The molecule has 2 N–H and O–H groups in total. The van der Waals surface area contributed by atoms with Gasteiger partial charge in [0.15, 0.2) is 0 Å². The lowest BCUT2D eigenvalue weighted by molar-refractivity contribution is 0.458. The van der Waals surface area contributed by atoms with Crippen molar-refractivity contribution in [2.75, 3.05) is 13.1 Å². The number of sulfonamides is 2. The van der Waals surface area contributed by atoms with E-state index in [-0.39, 0.29) is 9.79 Å². The van der Waals surface area contributed by atoms with Crippen molar-refractivity contribution < 1.29 is 26.1 Å². The standard InChI is InChI=1S/C20H28BN2O6S2/c1-3-5-15-22-30(24,25)19-11-7-17(8-12-19)28-21-29-18-9-13-20(14-10-18)31(26,27)23-16-6-4-2/h7-14,22-23H,3-6,15-16H2,1-2H3. The minimum absolute atomic E-state index is 0.154. The molecular weight excluding hydrogens is 439 g/mol. The first kappa shape index (κ1) is 25.2. The van der Waals surface area contributed by atoms with Gasteiger partial charge < -0.3 is 9.31 Å². The van der Waals surface area contributed by atoms with Gasteiger partial charge in [-0.2, -0.15) is 0 Å². The summed E-state index contributed by atoms with van der Waals surface area (Å²) < 4.78 is 64.4. The van der Waals surface area contributed by atoms with Gasteiger partial charge in [-0.05, 0) is 61.4 Å². The summed E-state index contributed by atoms with van der Waals surface area (Å²) in [7, 11) is -5.99. The SMILES string of the molecule is CCCCNS(=O)(=O)c1ccc(O[B]Oc2ccc(S(=O)(=O)NCCCC)cc2)cc1. The Kier molecular flexibility index (Phi) is 9.82. The van der Waals surface area contributed by atoms with Crippen molar-refractivity contribution in [2.45, 2.75) is 49.3 Å². The molecule has 1 radical (unpaired) electrons. The van der Waals surface area contributed by atoms with Crippen LogP contribution in [-0.4, -0.2) is 37.6 Å². The first-order chi connectivity index (χ1) is 14.8. The lowest BCUT2D eigenvalue weighted by Gasteiger charge is -2.10. The molecule has 0 unspecified atom stereocenters. The van der Waals surface area contributed by atoms with Crippen LogP contribution in [0.3, 0.4) is 0 Å². The molecule has 0 heterocycles. The molecule has 2 aromatic carbocycles. The van der Waals surface area contributed by atoms with Gasteiger partial charge in [0, 0.05) is 13.1 Å². The fourth-order valence-electron chi connectivity index (χ4n) is 2.46. The molecule has 0 bridgehead atoms. The van der Waals surface area contributed by atoms with E-state index < -0.39 is 20.0 Å². The highest BCUT2D eigenvalue weighted by atomic mass is 32.2. The number of hydrogen-bond donors (Lipinski definition) is 2. The third-order valence-corrected chi connectivity index (χ3v) is 7.24. The van der Waals surface area contributed by atoms with Gasteiger partial charge in [-0.15, -0.1) is 0 Å². The molecule has 31 heavy (non-hydrogen) atoms. The van der Waals surface area contributed by atoms with Crippen LogP contribution in [0.25, 0.3) is 0 Å². The maximum Gasteiger partial charge on any atom is 0.658 e. The Morgan fingerprint density at radius 3 is 1.35 bits per heavy atom. The second-order valence-electron chi connectivity index (χ2n) is 6.78. The molecule has 0 aromatic heterocycles. The van der Waals surface area contributed by atoms with E-state index in [1.165, 1.54) is 48.5 Å². The Balaban J connectivity index is 1.85. The van der Waals surface area contributed by atoms with Crippen molar-refractivity contribution in [2.24, 2.45) is 0 Å². The van der Waals surface area contributed by atoms with Gasteiger partial charge in [0.2, 0.25) is 20.0 Å². The summed E-state index contributed by atoms with van der Waals surface area (Å²) >= 11 is 0. The maximum atomic E-state index is 12.2.